The SMILES string of the molecule is C/N=C(/Nc1cnn(C)c1)NC(C)C(C)C. The first kappa shape index (κ1) is 12.5. The molecule has 0 spiro atoms. The van der Waals surface area contributed by atoms with Crippen LogP contribution < -0.4 is 10.6 Å². The van der Waals surface area contributed by atoms with Crippen molar-refractivity contribution in [3.63, 3.8) is 0 Å². The smallest absolute Gasteiger partial charge is 0.195 e. The monoisotopic (exact) mass is 223 g/mol. The van der Waals surface area contributed by atoms with Gasteiger partial charge in [-0.05, 0) is 12.8 Å². The summed E-state index contributed by atoms with van der Waals surface area (Å²) in [6.45, 7) is 6.49. The Hall–Kier alpha value is -1.52. The van der Waals surface area contributed by atoms with Gasteiger partial charge in [-0.1, -0.05) is 13.8 Å². The molecule has 5 nitrogen and oxygen atoms in total. The maximum Gasteiger partial charge on any atom is 0.195 e. The Morgan fingerprint density at radius 2 is 2.12 bits per heavy atom. The third-order valence-corrected chi connectivity index (χ3v) is 2.56. The number of aromatic nitrogens is 2. The summed E-state index contributed by atoms with van der Waals surface area (Å²) >= 11 is 0. The van der Waals surface area contributed by atoms with Crippen LogP contribution in [0.2, 0.25) is 0 Å². The summed E-state index contributed by atoms with van der Waals surface area (Å²) in [4.78, 5) is 4.17. The van der Waals surface area contributed by atoms with E-state index in [-0.39, 0.29) is 0 Å². The standard InChI is InChI=1S/C11H21N5/c1-8(2)9(3)14-11(12-4)15-10-6-13-16(5)7-10/h6-9H,1-5H3,(H2,12,14,15). The summed E-state index contributed by atoms with van der Waals surface area (Å²) in [5, 5.41) is 10.6. The van der Waals surface area contributed by atoms with Crippen molar-refractivity contribution < 1.29 is 0 Å². The first-order chi connectivity index (χ1) is 7.52. The molecule has 1 rings (SSSR count). The molecular weight excluding hydrogens is 202 g/mol. The normalized spacial score (nSPS) is 14.0. The number of nitrogens with one attached hydrogen (secondary N) is 2. The van der Waals surface area contributed by atoms with Crippen molar-refractivity contribution in [3.05, 3.63) is 12.4 Å². The third kappa shape index (κ3) is 3.56. The van der Waals surface area contributed by atoms with Gasteiger partial charge >= 0.3 is 0 Å². The highest BCUT2D eigenvalue weighted by molar-refractivity contribution is 5.93. The molecule has 0 fully saturated rings. The first-order valence-corrected chi connectivity index (χ1v) is 5.52. The Balaban J connectivity index is 2.57. The summed E-state index contributed by atoms with van der Waals surface area (Å²) in [7, 11) is 3.65. The van der Waals surface area contributed by atoms with Gasteiger partial charge in [0, 0.05) is 26.3 Å². The molecule has 1 atom stereocenters. The van der Waals surface area contributed by atoms with Crippen molar-refractivity contribution in [3.8, 4) is 0 Å². The maximum atomic E-state index is 4.17. The third-order valence-electron chi connectivity index (χ3n) is 2.56. The van der Waals surface area contributed by atoms with Crippen LogP contribution in [0.25, 0.3) is 0 Å². The van der Waals surface area contributed by atoms with E-state index in [1.807, 2.05) is 13.2 Å². The van der Waals surface area contributed by atoms with E-state index in [1.54, 1.807) is 17.9 Å². The number of anilines is 1. The van der Waals surface area contributed by atoms with Gasteiger partial charge in [0.2, 0.25) is 0 Å². The van der Waals surface area contributed by atoms with Gasteiger partial charge in [0.25, 0.3) is 0 Å². The van der Waals surface area contributed by atoms with Crippen molar-refractivity contribution in [2.45, 2.75) is 26.8 Å². The van der Waals surface area contributed by atoms with Gasteiger partial charge in [-0.2, -0.15) is 5.10 Å². The van der Waals surface area contributed by atoms with E-state index in [4.69, 9.17) is 0 Å². The van der Waals surface area contributed by atoms with E-state index in [9.17, 15) is 0 Å². The van der Waals surface area contributed by atoms with E-state index < -0.39 is 0 Å². The van der Waals surface area contributed by atoms with Gasteiger partial charge in [-0.25, -0.2) is 0 Å². The molecule has 0 saturated carbocycles. The van der Waals surface area contributed by atoms with E-state index in [0.717, 1.165) is 11.6 Å². The highest BCUT2D eigenvalue weighted by atomic mass is 15.3. The van der Waals surface area contributed by atoms with Crippen molar-refractivity contribution in [1.29, 1.82) is 0 Å². The first-order valence-electron chi connectivity index (χ1n) is 5.52. The molecule has 5 heteroatoms. The zero-order chi connectivity index (χ0) is 12.1. The lowest BCUT2D eigenvalue weighted by atomic mass is 10.1. The fourth-order valence-corrected chi connectivity index (χ4v) is 1.16. The fraction of sp³-hybridized carbons (Fsp3) is 0.636. The summed E-state index contributed by atoms with van der Waals surface area (Å²) < 4.78 is 1.75. The van der Waals surface area contributed by atoms with Crippen LogP contribution in [0.15, 0.2) is 17.4 Å². The molecule has 0 aliphatic rings. The molecule has 0 aliphatic heterocycles. The minimum Gasteiger partial charge on any atom is -0.353 e. The van der Waals surface area contributed by atoms with Gasteiger partial charge in [0.05, 0.1) is 11.9 Å². The van der Waals surface area contributed by atoms with Crippen LogP contribution in [-0.4, -0.2) is 28.8 Å². The van der Waals surface area contributed by atoms with Crippen molar-refractivity contribution in [2.75, 3.05) is 12.4 Å². The van der Waals surface area contributed by atoms with Gasteiger partial charge in [-0.3, -0.25) is 9.67 Å². The molecular formula is C11H21N5. The molecule has 1 aromatic rings. The Labute approximate surface area is 97.0 Å². The second-order valence-corrected chi connectivity index (χ2v) is 4.28. The molecule has 2 N–H and O–H groups in total. The quantitative estimate of drug-likeness (QED) is 0.602. The molecule has 16 heavy (non-hydrogen) atoms. The van der Waals surface area contributed by atoms with Crippen molar-refractivity contribution >= 4 is 11.6 Å². The molecule has 0 amide bonds. The van der Waals surface area contributed by atoms with Crippen LogP contribution >= 0.6 is 0 Å². The molecule has 0 saturated heterocycles. The Morgan fingerprint density at radius 1 is 1.44 bits per heavy atom. The largest absolute Gasteiger partial charge is 0.353 e. The lowest BCUT2D eigenvalue weighted by Gasteiger charge is -2.20. The molecule has 1 heterocycles. The van der Waals surface area contributed by atoms with E-state index >= 15 is 0 Å². The zero-order valence-corrected chi connectivity index (χ0v) is 10.7. The summed E-state index contributed by atoms with van der Waals surface area (Å²) in [6, 6.07) is 0.378. The van der Waals surface area contributed by atoms with Gasteiger partial charge in [-0.15, -0.1) is 0 Å². The minimum absolute atomic E-state index is 0.378. The van der Waals surface area contributed by atoms with Crippen LogP contribution in [0, 0.1) is 5.92 Å². The highest BCUT2D eigenvalue weighted by Gasteiger charge is 2.09. The van der Waals surface area contributed by atoms with Gasteiger partial charge in [0.15, 0.2) is 5.96 Å². The second kappa shape index (κ2) is 5.53. The zero-order valence-electron chi connectivity index (χ0n) is 10.7. The molecule has 90 valence electrons. The highest BCUT2D eigenvalue weighted by Crippen LogP contribution is 2.04. The Morgan fingerprint density at radius 3 is 2.56 bits per heavy atom. The molecule has 0 aliphatic carbocycles. The van der Waals surface area contributed by atoms with Gasteiger partial charge < -0.3 is 10.6 Å². The minimum atomic E-state index is 0.378. The number of guanidine groups is 1. The second-order valence-electron chi connectivity index (χ2n) is 4.28. The summed E-state index contributed by atoms with van der Waals surface area (Å²) in [6.07, 6.45) is 3.68. The van der Waals surface area contributed by atoms with Crippen LogP contribution in [-0.2, 0) is 7.05 Å². The average Bonchev–Trinajstić information content (AvgIpc) is 2.62. The van der Waals surface area contributed by atoms with Crippen LogP contribution in [0.4, 0.5) is 5.69 Å². The lowest BCUT2D eigenvalue weighted by molar-refractivity contribution is 0.486. The van der Waals surface area contributed by atoms with Gasteiger partial charge in [0.1, 0.15) is 0 Å². The average molecular weight is 223 g/mol. The lowest BCUT2D eigenvalue weighted by Crippen LogP contribution is -2.40. The number of nitrogens with zero attached hydrogens (tertiary/aromatic N) is 3. The number of aliphatic imine (C=N–C) groups is 1. The summed E-state index contributed by atoms with van der Waals surface area (Å²) in [5.74, 6) is 1.33. The predicted molar refractivity (Wildman–Crippen MR) is 67.6 cm³/mol. The fourth-order valence-electron chi connectivity index (χ4n) is 1.16. The topological polar surface area (TPSA) is 54.2 Å². The number of hydrogen-bond acceptors (Lipinski definition) is 2. The number of rotatable bonds is 3. The molecule has 0 bridgehead atoms. The molecule has 1 unspecified atom stereocenters. The maximum absolute atomic E-state index is 4.17. The van der Waals surface area contributed by atoms with E-state index in [1.165, 1.54) is 0 Å². The van der Waals surface area contributed by atoms with Crippen molar-refractivity contribution in [1.82, 2.24) is 15.1 Å². The predicted octanol–water partition coefficient (Wildman–Crippen LogP) is 1.45. The van der Waals surface area contributed by atoms with Crippen LogP contribution in [0.1, 0.15) is 20.8 Å². The van der Waals surface area contributed by atoms with E-state index in [2.05, 4.69) is 41.5 Å². The van der Waals surface area contributed by atoms with E-state index in [0.29, 0.717) is 12.0 Å². The van der Waals surface area contributed by atoms with Crippen molar-refractivity contribution in [2.24, 2.45) is 18.0 Å². The van der Waals surface area contributed by atoms with Crippen LogP contribution in [0.5, 0.6) is 0 Å². The number of hydrogen-bond donors (Lipinski definition) is 2. The Kier molecular flexibility index (Phi) is 4.34. The van der Waals surface area contributed by atoms with Crippen LogP contribution in [0.3, 0.4) is 0 Å². The molecule has 1 aromatic heterocycles. The summed E-state index contributed by atoms with van der Waals surface area (Å²) in [5.41, 5.74) is 0.937. The number of aryl methyl sites for hydroxylation is 1. The molecule has 0 radical (unpaired) electrons. The Bertz CT molecular complexity index is 353. The molecule has 0 aromatic carbocycles.